The van der Waals surface area contributed by atoms with E-state index in [9.17, 15) is 13.5 Å². The lowest BCUT2D eigenvalue weighted by molar-refractivity contribution is 0.174. The zero-order valence-electron chi connectivity index (χ0n) is 10.4. The highest BCUT2D eigenvalue weighted by Crippen LogP contribution is 2.54. The van der Waals surface area contributed by atoms with Crippen molar-refractivity contribution in [1.82, 2.24) is 0 Å². The van der Waals surface area contributed by atoms with Gasteiger partial charge < -0.3 is 20.3 Å². The highest BCUT2D eigenvalue weighted by molar-refractivity contribution is 7.91. The fourth-order valence-corrected chi connectivity index (χ4v) is 4.69. The molecule has 7 heteroatoms. The van der Waals surface area contributed by atoms with Gasteiger partial charge in [-0.25, -0.2) is 8.42 Å². The van der Waals surface area contributed by atoms with Crippen LogP contribution in [0.2, 0.25) is 0 Å². The molecule has 0 spiro atoms. The Morgan fingerprint density at radius 2 is 2.11 bits per heavy atom. The van der Waals surface area contributed by atoms with E-state index >= 15 is 0 Å². The molecule has 3 N–H and O–H groups in total. The molecule has 0 aromatic heterocycles. The molecule has 1 aromatic carbocycles. The minimum Gasteiger partial charge on any atom is -0.454 e. The molecule has 0 bridgehead atoms. The van der Waals surface area contributed by atoms with Gasteiger partial charge in [0.15, 0.2) is 21.3 Å². The number of aliphatic hydroxyl groups excluding tert-OH is 1. The minimum absolute atomic E-state index is 0.159. The van der Waals surface area contributed by atoms with Crippen LogP contribution in [0.1, 0.15) is 11.5 Å². The number of rotatable bonds is 3. The van der Waals surface area contributed by atoms with Crippen LogP contribution in [0.15, 0.2) is 18.2 Å². The lowest BCUT2D eigenvalue weighted by atomic mass is 10.1. The van der Waals surface area contributed by atoms with Crippen LogP contribution in [0, 0.1) is 0 Å². The fraction of sp³-hybridized carbons (Fsp3) is 0.500. The summed E-state index contributed by atoms with van der Waals surface area (Å²) in [4.78, 5) is 0. The third kappa shape index (κ3) is 1.80. The van der Waals surface area contributed by atoms with Crippen molar-refractivity contribution in [3.63, 3.8) is 0 Å². The fourth-order valence-electron chi connectivity index (χ4n) is 2.85. The van der Waals surface area contributed by atoms with Gasteiger partial charge in [-0.3, -0.25) is 0 Å². The second-order valence-electron chi connectivity index (χ2n) is 5.11. The molecule has 2 aliphatic rings. The summed E-state index contributed by atoms with van der Waals surface area (Å²) < 4.78 is 33.9. The van der Waals surface area contributed by atoms with Crippen molar-refractivity contribution < 1.29 is 23.0 Å². The maximum absolute atomic E-state index is 11.7. The number of aliphatic hydroxyl groups is 1. The Bertz CT molecular complexity index is 629. The molecule has 6 nitrogen and oxygen atoms in total. The molecule has 0 unspecified atom stereocenters. The van der Waals surface area contributed by atoms with Crippen LogP contribution in [0.5, 0.6) is 11.5 Å². The molecule has 3 rings (SSSR count). The van der Waals surface area contributed by atoms with Crippen molar-refractivity contribution in [3.8, 4) is 11.5 Å². The number of fused-ring (bicyclic) bond motifs is 1. The molecule has 3 atom stereocenters. The first-order valence-electron chi connectivity index (χ1n) is 5.86. The van der Waals surface area contributed by atoms with Crippen LogP contribution in [0.25, 0.3) is 0 Å². The highest BCUT2D eigenvalue weighted by Gasteiger charge is 2.67. The first-order valence-corrected chi connectivity index (χ1v) is 7.81. The van der Waals surface area contributed by atoms with E-state index in [4.69, 9.17) is 15.2 Å². The summed E-state index contributed by atoms with van der Waals surface area (Å²) in [6.07, 6.45) is 1.14. The average Bonchev–Trinajstić information content (AvgIpc) is 2.77. The van der Waals surface area contributed by atoms with Gasteiger partial charge in [0.25, 0.3) is 0 Å². The Morgan fingerprint density at radius 3 is 2.68 bits per heavy atom. The number of benzene rings is 1. The van der Waals surface area contributed by atoms with Crippen LogP contribution in [0.4, 0.5) is 0 Å². The van der Waals surface area contributed by atoms with Gasteiger partial charge >= 0.3 is 0 Å². The highest BCUT2D eigenvalue weighted by atomic mass is 32.2. The number of hydrogen-bond donors (Lipinski definition) is 2. The predicted octanol–water partition coefficient (Wildman–Crippen LogP) is -0.384. The molecular formula is C12H15NO5S. The minimum atomic E-state index is -3.32. The lowest BCUT2D eigenvalue weighted by Crippen LogP contribution is -2.34. The van der Waals surface area contributed by atoms with Gasteiger partial charge in [-0.15, -0.1) is 0 Å². The van der Waals surface area contributed by atoms with E-state index in [2.05, 4.69) is 0 Å². The molecule has 1 aromatic rings. The zero-order valence-corrected chi connectivity index (χ0v) is 11.2. The molecule has 1 heterocycles. The van der Waals surface area contributed by atoms with Crippen LogP contribution in [-0.4, -0.2) is 44.0 Å². The molecule has 19 heavy (non-hydrogen) atoms. The van der Waals surface area contributed by atoms with Crippen LogP contribution >= 0.6 is 0 Å². The first-order chi connectivity index (χ1) is 8.88. The van der Waals surface area contributed by atoms with Crippen molar-refractivity contribution in [2.75, 3.05) is 19.7 Å². The molecular weight excluding hydrogens is 270 g/mol. The average molecular weight is 285 g/mol. The second kappa shape index (κ2) is 3.84. The van der Waals surface area contributed by atoms with Gasteiger partial charge in [-0.05, 0) is 17.7 Å². The van der Waals surface area contributed by atoms with Gasteiger partial charge in [0, 0.05) is 12.2 Å². The first kappa shape index (κ1) is 12.7. The van der Waals surface area contributed by atoms with Crippen molar-refractivity contribution in [3.05, 3.63) is 23.8 Å². The molecule has 1 saturated carbocycles. The molecule has 0 saturated heterocycles. The second-order valence-corrected chi connectivity index (χ2v) is 7.28. The molecule has 1 aliphatic heterocycles. The van der Waals surface area contributed by atoms with E-state index in [0.717, 1.165) is 11.8 Å². The molecule has 1 fully saturated rings. The Kier molecular flexibility index (Phi) is 2.57. The number of hydrogen-bond acceptors (Lipinski definition) is 6. The number of nitrogens with two attached hydrogens (primary N) is 1. The largest absolute Gasteiger partial charge is 0.454 e. The third-order valence-electron chi connectivity index (χ3n) is 3.79. The number of ether oxygens (including phenoxy) is 2. The molecule has 1 aliphatic carbocycles. The normalized spacial score (nSPS) is 32.4. The summed E-state index contributed by atoms with van der Waals surface area (Å²) in [5, 5.41) is 8.62. The SMILES string of the molecule is CS(=O)(=O)[C@@H]1[C@@H](c2ccc3c(c2)OCO3)[C@]1(N)CO. The van der Waals surface area contributed by atoms with Gasteiger partial charge in [-0.1, -0.05) is 6.07 Å². The number of sulfone groups is 1. The van der Waals surface area contributed by atoms with Crippen LogP contribution < -0.4 is 15.2 Å². The standard InChI is InChI=1S/C12H15NO5S/c1-19(15,16)11-10(12(11,13)5-14)7-2-3-8-9(4-7)18-6-17-8/h2-4,10-11,14H,5-6,13H2,1H3/t10-,11-,12-/m1/s1. The summed E-state index contributed by atoms with van der Waals surface area (Å²) in [7, 11) is -3.32. The van der Waals surface area contributed by atoms with Gasteiger partial charge in [0.2, 0.25) is 6.79 Å². The van der Waals surface area contributed by atoms with Crippen molar-refractivity contribution in [2.24, 2.45) is 5.73 Å². The van der Waals surface area contributed by atoms with Crippen molar-refractivity contribution >= 4 is 9.84 Å². The Morgan fingerprint density at radius 1 is 1.42 bits per heavy atom. The van der Waals surface area contributed by atoms with E-state index < -0.39 is 26.5 Å². The molecule has 104 valence electrons. The van der Waals surface area contributed by atoms with E-state index in [-0.39, 0.29) is 13.4 Å². The van der Waals surface area contributed by atoms with E-state index in [1.807, 2.05) is 0 Å². The van der Waals surface area contributed by atoms with Gasteiger partial charge in [-0.2, -0.15) is 0 Å². The topological polar surface area (TPSA) is 98.9 Å². The summed E-state index contributed by atoms with van der Waals surface area (Å²) in [6.45, 7) is -0.212. The van der Waals surface area contributed by atoms with E-state index in [1.54, 1.807) is 18.2 Å². The molecule has 0 radical (unpaired) electrons. The summed E-state index contributed by atoms with van der Waals surface area (Å²) in [6, 6.07) is 5.23. The zero-order chi connectivity index (χ0) is 13.8. The Labute approximate surface area is 111 Å². The third-order valence-corrected chi connectivity index (χ3v) is 5.43. The molecule has 0 amide bonds. The predicted molar refractivity (Wildman–Crippen MR) is 67.9 cm³/mol. The van der Waals surface area contributed by atoms with Gasteiger partial charge in [0.1, 0.15) is 0 Å². The summed E-state index contributed by atoms with van der Waals surface area (Å²) >= 11 is 0. The lowest BCUT2D eigenvalue weighted by Gasteiger charge is -2.07. The van der Waals surface area contributed by atoms with E-state index in [0.29, 0.717) is 11.5 Å². The Hall–Kier alpha value is -1.31. The van der Waals surface area contributed by atoms with Gasteiger partial charge in [0.05, 0.1) is 17.4 Å². The van der Waals surface area contributed by atoms with E-state index in [1.165, 1.54) is 0 Å². The van der Waals surface area contributed by atoms with Crippen LogP contribution in [-0.2, 0) is 9.84 Å². The maximum Gasteiger partial charge on any atom is 0.231 e. The van der Waals surface area contributed by atoms with Crippen molar-refractivity contribution in [2.45, 2.75) is 16.7 Å². The van der Waals surface area contributed by atoms with Crippen LogP contribution in [0.3, 0.4) is 0 Å². The monoisotopic (exact) mass is 285 g/mol. The Balaban J connectivity index is 1.99. The smallest absolute Gasteiger partial charge is 0.231 e. The summed E-state index contributed by atoms with van der Waals surface area (Å²) in [5.41, 5.74) is 5.63. The maximum atomic E-state index is 11.7. The van der Waals surface area contributed by atoms with Crippen molar-refractivity contribution in [1.29, 1.82) is 0 Å². The summed E-state index contributed by atoms with van der Waals surface area (Å²) in [5.74, 6) is 0.797. The quantitative estimate of drug-likeness (QED) is 0.785.